The van der Waals surface area contributed by atoms with E-state index in [1.807, 2.05) is 36.4 Å². The maximum Gasteiger partial charge on any atom is 0.0991 e. The van der Waals surface area contributed by atoms with Gasteiger partial charge in [-0.05, 0) is 53.9 Å². The highest BCUT2D eigenvalue weighted by atomic mass is 79.9. The SMILES string of the molecule is C[C@@H](Br)c1cc(Cl)cc(-c2ccc(C#N)cc2)c1. The Bertz CT molecular complexity index is 597. The van der Waals surface area contributed by atoms with E-state index in [1.54, 1.807) is 0 Å². The van der Waals surface area contributed by atoms with E-state index in [9.17, 15) is 0 Å². The Morgan fingerprint density at radius 1 is 1.11 bits per heavy atom. The zero-order valence-electron chi connectivity index (χ0n) is 9.82. The van der Waals surface area contributed by atoms with Gasteiger partial charge < -0.3 is 0 Å². The smallest absolute Gasteiger partial charge is 0.0991 e. The van der Waals surface area contributed by atoms with Crippen LogP contribution >= 0.6 is 27.5 Å². The van der Waals surface area contributed by atoms with Crippen molar-refractivity contribution in [2.24, 2.45) is 0 Å². The van der Waals surface area contributed by atoms with E-state index >= 15 is 0 Å². The predicted molar refractivity (Wildman–Crippen MR) is 78.9 cm³/mol. The van der Waals surface area contributed by atoms with Crippen LogP contribution in [0.5, 0.6) is 0 Å². The van der Waals surface area contributed by atoms with Crippen molar-refractivity contribution in [1.82, 2.24) is 0 Å². The first-order valence-corrected chi connectivity index (χ1v) is 6.84. The molecule has 0 radical (unpaired) electrons. The summed E-state index contributed by atoms with van der Waals surface area (Å²) >= 11 is 9.67. The quantitative estimate of drug-likeness (QED) is 0.686. The molecule has 0 N–H and O–H groups in total. The van der Waals surface area contributed by atoms with Crippen LogP contribution in [0, 0.1) is 11.3 Å². The van der Waals surface area contributed by atoms with Crippen molar-refractivity contribution in [2.45, 2.75) is 11.8 Å². The van der Waals surface area contributed by atoms with E-state index in [-0.39, 0.29) is 4.83 Å². The molecule has 1 atom stereocenters. The second kappa shape index (κ2) is 5.56. The molecule has 0 aliphatic heterocycles. The number of halogens is 2. The second-order valence-corrected chi connectivity index (χ2v) is 5.89. The highest BCUT2D eigenvalue weighted by Crippen LogP contribution is 2.30. The van der Waals surface area contributed by atoms with Gasteiger partial charge in [0.2, 0.25) is 0 Å². The molecule has 0 saturated carbocycles. The first-order chi connectivity index (χ1) is 8.60. The summed E-state index contributed by atoms with van der Waals surface area (Å²) in [5.41, 5.74) is 3.93. The van der Waals surface area contributed by atoms with Crippen molar-refractivity contribution in [2.75, 3.05) is 0 Å². The van der Waals surface area contributed by atoms with E-state index < -0.39 is 0 Å². The number of hydrogen-bond donors (Lipinski definition) is 0. The summed E-state index contributed by atoms with van der Waals surface area (Å²) in [7, 11) is 0. The average Bonchev–Trinajstić information content (AvgIpc) is 2.38. The van der Waals surface area contributed by atoms with Crippen molar-refractivity contribution in [3.8, 4) is 17.2 Å². The number of rotatable bonds is 2. The van der Waals surface area contributed by atoms with Crippen LogP contribution in [0.1, 0.15) is 22.9 Å². The molecule has 1 nitrogen and oxygen atoms in total. The molecule has 0 amide bonds. The molecule has 90 valence electrons. The first kappa shape index (κ1) is 13.1. The Balaban J connectivity index is 2.46. The van der Waals surface area contributed by atoms with Crippen molar-refractivity contribution >= 4 is 27.5 Å². The first-order valence-electron chi connectivity index (χ1n) is 5.55. The summed E-state index contributed by atoms with van der Waals surface area (Å²) < 4.78 is 0. The number of benzene rings is 2. The molecule has 0 bridgehead atoms. The fourth-order valence-corrected chi connectivity index (χ4v) is 2.25. The van der Waals surface area contributed by atoms with E-state index in [1.165, 1.54) is 0 Å². The van der Waals surface area contributed by atoms with Gasteiger partial charge in [-0.15, -0.1) is 0 Å². The van der Waals surface area contributed by atoms with Gasteiger partial charge in [0, 0.05) is 9.85 Å². The van der Waals surface area contributed by atoms with Gasteiger partial charge in [0.1, 0.15) is 0 Å². The zero-order chi connectivity index (χ0) is 13.1. The van der Waals surface area contributed by atoms with Crippen LogP contribution in [0.15, 0.2) is 42.5 Å². The van der Waals surface area contributed by atoms with Gasteiger partial charge in [0.25, 0.3) is 0 Å². The molecule has 0 aliphatic rings. The van der Waals surface area contributed by atoms with E-state index in [0.717, 1.165) is 21.7 Å². The normalized spacial score (nSPS) is 11.9. The number of nitriles is 1. The number of alkyl halides is 1. The summed E-state index contributed by atoms with van der Waals surface area (Å²) in [4.78, 5) is 0.258. The van der Waals surface area contributed by atoms with Crippen LogP contribution in [0.25, 0.3) is 11.1 Å². The van der Waals surface area contributed by atoms with Gasteiger partial charge in [-0.1, -0.05) is 39.7 Å². The molecule has 0 aromatic heterocycles. The van der Waals surface area contributed by atoms with Crippen LogP contribution in [-0.2, 0) is 0 Å². The van der Waals surface area contributed by atoms with E-state index in [0.29, 0.717) is 5.56 Å². The molecule has 2 aromatic rings. The van der Waals surface area contributed by atoms with Crippen molar-refractivity contribution in [3.63, 3.8) is 0 Å². The summed E-state index contributed by atoms with van der Waals surface area (Å²) in [5.74, 6) is 0. The summed E-state index contributed by atoms with van der Waals surface area (Å²) in [6.45, 7) is 2.06. The third kappa shape index (κ3) is 2.93. The molecule has 18 heavy (non-hydrogen) atoms. The van der Waals surface area contributed by atoms with Gasteiger partial charge in [-0.25, -0.2) is 0 Å². The highest BCUT2D eigenvalue weighted by Gasteiger charge is 2.06. The third-order valence-electron chi connectivity index (χ3n) is 2.73. The maximum atomic E-state index is 8.78. The Morgan fingerprint density at radius 3 is 2.33 bits per heavy atom. The van der Waals surface area contributed by atoms with Gasteiger partial charge in [-0.2, -0.15) is 5.26 Å². The summed E-state index contributed by atoms with van der Waals surface area (Å²) in [6, 6.07) is 15.6. The fourth-order valence-electron chi connectivity index (χ4n) is 1.75. The maximum absolute atomic E-state index is 8.78. The summed E-state index contributed by atoms with van der Waals surface area (Å²) in [5, 5.41) is 9.50. The van der Waals surface area contributed by atoms with Crippen LogP contribution < -0.4 is 0 Å². The van der Waals surface area contributed by atoms with Crippen LogP contribution in [-0.4, -0.2) is 0 Å². The molecule has 3 heteroatoms. The van der Waals surface area contributed by atoms with Crippen LogP contribution in [0.4, 0.5) is 0 Å². The molecule has 0 saturated heterocycles. The molecule has 2 aromatic carbocycles. The van der Waals surface area contributed by atoms with E-state index in [4.69, 9.17) is 16.9 Å². The van der Waals surface area contributed by atoms with Crippen molar-refractivity contribution in [1.29, 1.82) is 5.26 Å². The molecule has 0 aliphatic carbocycles. The minimum Gasteiger partial charge on any atom is -0.192 e. The van der Waals surface area contributed by atoms with Crippen molar-refractivity contribution < 1.29 is 0 Å². The minimum atomic E-state index is 0.258. The second-order valence-electron chi connectivity index (χ2n) is 4.08. The molecular weight excluding hydrogens is 310 g/mol. The largest absolute Gasteiger partial charge is 0.192 e. The van der Waals surface area contributed by atoms with Crippen LogP contribution in [0.3, 0.4) is 0 Å². The molecule has 0 fully saturated rings. The van der Waals surface area contributed by atoms with Crippen molar-refractivity contribution in [3.05, 3.63) is 58.6 Å². The molecule has 0 unspecified atom stereocenters. The Labute approximate surface area is 120 Å². The van der Waals surface area contributed by atoms with Gasteiger partial charge in [-0.3, -0.25) is 0 Å². The Hall–Kier alpha value is -1.30. The molecule has 2 rings (SSSR count). The monoisotopic (exact) mass is 319 g/mol. The Kier molecular flexibility index (Phi) is 4.06. The zero-order valence-corrected chi connectivity index (χ0v) is 12.2. The molecule has 0 spiro atoms. The Morgan fingerprint density at radius 2 is 1.78 bits per heavy atom. The lowest BCUT2D eigenvalue weighted by molar-refractivity contribution is 1.12. The fraction of sp³-hybridized carbons (Fsp3) is 0.133. The molecule has 0 heterocycles. The topological polar surface area (TPSA) is 23.8 Å². The average molecular weight is 321 g/mol. The lowest BCUT2D eigenvalue weighted by Crippen LogP contribution is -1.86. The standard InChI is InChI=1S/C15H11BrClN/c1-10(16)13-6-14(8-15(17)7-13)12-4-2-11(9-18)3-5-12/h2-8,10H,1H3/t10-/m1/s1. The molecular formula is C15H11BrClN. The highest BCUT2D eigenvalue weighted by molar-refractivity contribution is 9.09. The van der Waals surface area contributed by atoms with Crippen LogP contribution in [0.2, 0.25) is 5.02 Å². The van der Waals surface area contributed by atoms with E-state index in [2.05, 4.69) is 35.0 Å². The number of nitrogens with zero attached hydrogens (tertiary/aromatic N) is 1. The lowest BCUT2D eigenvalue weighted by Gasteiger charge is -2.09. The lowest BCUT2D eigenvalue weighted by atomic mass is 10.0. The van der Waals surface area contributed by atoms with Gasteiger partial charge in [0.15, 0.2) is 0 Å². The van der Waals surface area contributed by atoms with Gasteiger partial charge >= 0.3 is 0 Å². The number of hydrogen-bond acceptors (Lipinski definition) is 1. The minimum absolute atomic E-state index is 0.258. The third-order valence-corrected chi connectivity index (χ3v) is 3.47. The van der Waals surface area contributed by atoms with Gasteiger partial charge in [0.05, 0.1) is 11.6 Å². The summed E-state index contributed by atoms with van der Waals surface area (Å²) in [6.07, 6.45) is 0. The predicted octanol–water partition coefficient (Wildman–Crippen LogP) is 5.33.